The van der Waals surface area contributed by atoms with E-state index in [1.54, 1.807) is 0 Å². The Balaban J connectivity index is 1.31. The van der Waals surface area contributed by atoms with Gasteiger partial charge in [0.05, 0.1) is 64.1 Å². The minimum atomic E-state index is -2.60. The molecule has 0 aliphatic carbocycles. The van der Waals surface area contributed by atoms with Crippen LogP contribution in [0.3, 0.4) is 0 Å². The molecule has 3 aliphatic heterocycles. The molecule has 3 fully saturated rings. The van der Waals surface area contributed by atoms with Crippen LogP contribution in [0.5, 0.6) is 0 Å². The second kappa shape index (κ2) is 25.3. The summed E-state index contributed by atoms with van der Waals surface area (Å²) in [6, 6.07) is 40.5. The molecular formula is C61H90O12Si2. The van der Waals surface area contributed by atoms with Gasteiger partial charge in [-0.2, -0.15) is 0 Å². The predicted octanol–water partition coefficient (Wildman–Crippen LogP) is 12.5. The summed E-state index contributed by atoms with van der Waals surface area (Å²) in [7, 11) is -5.20. The molecule has 0 spiro atoms. The maximum Gasteiger partial charge on any atom is 0.192 e. The molecule has 11 atom stereocenters. The molecule has 0 saturated carbocycles. The molecule has 3 aliphatic rings. The highest BCUT2D eigenvalue weighted by Crippen LogP contribution is 2.46. The highest BCUT2D eigenvalue weighted by atomic mass is 28.4. The topological polar surface area (TPSA) is 122 Å². The van der Waals surface area contributed by atoms with Gasteiger partial charge in [-0.1, -0.05) is 163 Å². The Kier molecular flexibility index (Phi) is 20.1. The largest absolute Gasteiger partial charge is 0.411 e. The minimum Gasteiger partial charge on any atom is -0.411 e. The number of aliphatic hydroxyl groups excluding tert-OH is 1. The molecule has 12 nitrogen and oxygen atoms in total. The van der Waals surface area contributed by atoms with Crippen molar-refractivity contribution in [3.8, 4) is 0 Å². The molecule has 0 bridgehead atoms. The Bertz CT molecular complexity index is 2310. The Morgan fingerprint density at radius 3 is 1.53 bits per heavy atom. The van der Waals surface area contributed by atoms with Crippen molar-refractivity contribution in [2.24, 2.45) is 5.92 Å². The van der Waals surface area contributed by atoms with Gasteiger partial charge in [0.1, 0.15) is 30.5 Å². The van der Waals surface area contributed by atoms with Crippen molar-refractivity contribution in [3.63, 3.8) is 0 Å². The van der Waals surface area contributed by atoms with Gasteiger partial charge in [0, 0.05) is 12.3 Å². The Hall–Kier alpha value is -3.17. The van der Waals surface area contributed by atoms with Crippen molar-refractivity contribution in [1.29, 1.82) is 0 Å². The molecule has 3 heterocycles. The normalized spacial score (nSPS) is 26.5. The van der Waals surface area contributed by atoms with E-state index in [1.807, 2.05) is 113 Å². The van der Waals surface area contributed by atoms with E-state index in [2.05, 4.69) is 104 Å². The van der Waals surface area contributed by atoms with Crippen molar-refractivity contribution in [3.05, 3.63) is 144 Å². The summed E-state index contributed by atoms with van der Waals surface area (Å²) in [5.74, 6) is -2.24. The van der Waals surface area contributed by atoms with Crippen molar-refractivity contribution in [2.45, 2.75) is 218 Å². The smallest absolute Gasteiger partial charge is 0.192 e. The van der Waals surface area contributed by atoms with Gasteiger partial charge < -0.3 is 56.6 Å². The van der Waals surface area contributed by atoms with Crippen molar-refractivity contribution >= 4 is 16.6 Å². The minimum absolute atomic E-state index is 0.175. The van der Waals surface area contributed by atoms with Crippen LogP contribution in [-0.2, 0) is 77.9 Å². The lowest BCUT2D eigenvalue weighted by Gasteiger charge is -2.48. The van der Waals surface area contributed by atoms with E-state index in [0.717, 1.165) is 22.3 Å². The number of hydrogen-bond acceptors (Lipinski definition) is 12. The third-order valence-corrected chi connectivity index (χ3v) is 24.8. The predicted molar refractivity (Wildman–Crippen MR) is 298 cm³/mol. The van der Waals surface area contributed by atoms with E-state index < -0.39 is 95.4 Å². The first-order chi connectivity index (χ1) is 35.3. The summed E-state index contributed by atoms with van der Waals surface area (Å²) in [5, 5.41) is 12.9. The lowest BCUT2D eigenvalue weighted by atomic mass is 9.82. The standard InChI is InChI=1S/C61H90O12Si2/c1-58(2,3)74(11,12)72-49(55(73-75(13,14)59(4,5)6)56-54(70-61(9,10)71-56)51-42-67-60(7,8)69-51)36-47(62)35-48-52(64-38-44-29-21-16-22-30-44)50(41-63-37-43-27-19-15-20-28-43)68-57(66-40-46-33-25-18-26-34-46)53(48)65-39-45-31-23-17-24-32-45/h15-34,47-57,62H,35-42H2,1-14H3/t47-,48-,49-,50+,51+,52+,53+,54+,55-,56-,57+/m0/s1. The second-order valence-corrected chi connectivity index (χ2v) is 34.4. The summed E-state index contributed by atoms with van der Waals surface area (Å²) in [6.45, 7) is 32.0. The lowest BCUT2D eigenvalue weighted by molar-refractivity contribution is -0.315. The fourth-order valence-corrected chi connectivity index (χ4v) is 12.4. The number of benzene rings is 4. The van der Waals surface area contributed by atoms with Gasteiger partial charge >= 0.3 is 0 Å². The van der Waals surface area contributed by atoms with Crippen LogP contribution in [0.4, 0.5) is 0 Å². The maximum absolute atomic E-state index is 13.2. The Labute approximate surface area is 451 Å². The van der Waals surface area contributed by atoms with Crippen LogP contribution in [0.2, 0.25) is 36.3 Å². The van der Waals surface area contributed by atoms with Gasteiger partial charge in [-0.15, -0.1) is 0 Å². The Morgan fingerprint density at radius 2 is 1.05 bits per heavy atom. The first-order valence-corrected chi connectivity index (χ1v) is 33.1. The molecular weight excluding hydrogens is 981 g/mol. The fourth-order valence-electron chi connectivity index (χ4n) is 9.71. The van der Waals surface area contributed by atoms with Crippen LogP contribution in [0, 0.1) is 5.92 Å². The van der Waals surface area contributed by atoms with E-state index in [1.165, 1.54) is 0 Å². The monoisotopic (exact) mass is 1070 g/mol. The first-order valence-electron chi connectivity index (χ1n) is 27.2. The summed E-state index contributed by atoms with van der Waals surface area (Å²) in [6.07, 6.45) is -6.18. The average molecular weight is 1070 g/mol. The van der Waals surface area contributed by atoms with Crippen molar-refractivity contribution in [1.82, 2.24) is 0 Å². The number of rotatable bonds is 24. The van der Waals surface area contributed by atoms with Crippen LogP contribution in [0.25, 0.3) is 0 Å². The molecule has 0 aromatic heterocycles. The van der Waals surface area contributed by atoms with E-state index in [0.29, 0.717) is 19.8 Å². The Morgan fingerprint density at radius 1 is 0.587 bits per heavy atom. The van der Waals surface area contributed by atoms with Crippen LogP contribution < -0.4 is 0 Å². The van der Waals surface area contributed by atoms with Crippen LogP contribution >= 0.6 is 0 Å². The second-order valence-electron chi connectivity index (χ2n) is 24.8. The quantitative estimate of drug-likeness (QED) is 0.0672. The van der Waals surface area contributed by atoms with Crippen molar-refractivity contribution in [2.75, 3.05) is 13.2 Å². The molecule has 3 saturated heterocycles. The van der Waals surface area contributed by atoms with Crippen LogP contribution in [0.1, 0.15) is 104 Å². The molecule has 1 N–H and O–H groups in total. The number of aliphatic hydroxyl groups is 1. The average Bonchev–Trinajstić information content (AvgIpc) is 3.89. The molecule has 0 amide bonds. The van der Waals surface area contributed by atoms with Gasteiger partial charge in [-0.25, -0.2) is 0 Å². The van der Waals surface area contributed by atoms with Gasteiger partial charge in [0.15, 0.2) is 34.5 Å². The molecule has 4 aromatic rings. The van der Waals surface area contributed by atoms with Gasteiger partial charge in [0.25, 0.3) is 0 Å². The first kappa shape index (κ1) is 59.5. The van der Waals surface area contributed by atoms with E-state index in [-0.39, 0.29) is 42.7 Å². The molecule has 7 rings (SSSR count). The zero-order valence-corrected chi connectivity index (χ0v) is 49.5. The van der Waals surface area contributed by atoms with Crippen molar-refractivity contribution < 1.29 is 56.6 Å². The van der Waals surface area contributed by atoms with E-state index in [9.17, 15) is 5.11 Å². The maximum atomic E-state index is 13.2. The van der Waals surface area contributed by atoms with Crippen LogP contribution in [0.15, 0.2) is 121 Å². The summed E-state index contributed by atoms with van der Waals surface area (Å²) < 4.78 is 76.5. The van der Waals surface area contributed by atoms with Crippen LogP contribution in [-0.4, -0.2) is 108 Å². The molecule has 0 radical (unpaired) electrons. The zero-order chi connectivity index (χ0) is 54.2. The lowest BCUT2D eigenvalue weighted by Crippen LogP contribution is -2.60. The molecule has 4 aromatic carbocycles. The molecule has 0 unspecified atom stereocenters. The number of ether oxygens (including phenoxy) is 9. The third-order valence-electron chi connectivity index (χ3n) is 15.8. The zero-order valence-electron chi connectivity index (χ0n) is 47.5. The summed E-state index contributed by atoms with van der Waals surface area (Å²) in [4.78, 5) is 0. The fraction of sp³-hybridized carbons (Fsp3) is 0.607. The molecule has 414 valence electrons. The third kappa shape index (κ3) is 16.5. The summed E-state index contributed by atoms with van der Waals surface area (Å²) in [5.41, 5.74) is 4.05. The van der Waals surface area contributed by atoms with Gasteiger partial charge in [-0.05, 0) is 92.6 Å². The molecule has 14 heteroatoms. The van der Waals surface area contributed by atoms with E-state index >= 15 is 0 Å². The highest BCUT2D eigenvalue weighted by Gasteiger charge is 2.57. The number of hydrogen-bond donors (Lipinski definition) is 1. The highest BCUT2D eigenvalue weighted by molar-refractivity contribution is 6.74. The summed E-state index contributed by atoms with van der Waals surface area (Å²) >= 11 is 0. The van der Waals surface area contributed by atoms with Gasteiger partial charge in [-0.3, -0.25) is 0 Å². The van der Waals surface area contributed by atoms with E-state index in [4.69, 9.17) is 51.5 Å². The molecule has 75 heavy (non-hydrogen) atoms. The van der Waals surface area contributed by atoms with Gasteiger partial charge in [0.2, 0.25) is 0 Å². The SMILES string of the molecule is CC1(C)O[C@H]([C@@H](O[Si](C)(C)C(C)(C)C)[C@H](C[C@@H](O)C[C@H]2[C@@H](OCc3ccccc3)[C@@H](COCc3ccccc3)O[C@@H](OCc3ccccc3)[C@@H]2OCc2ccccc2)O[Si](C)(C)C(C)(C)C)[C@@H]([C@H]2COC(C)(C)O2)O1.